The van der Waals surface area contributed by atoms with E-state index in [2.05, 4.69) is 0 Å². The van der Waals surface area contributed by atoms with Gasteiger partial charge in [0.1, 0.15) is 5.78 Å². The lowest BCUT2D eigenvalue weighted by Gasteiger charge is -2.51. The third-order valence-corrected chi connectivity index (χ3v) is 4.42. The maximum atomic E-state index is 11.8. The second-order valence-corrected chi connectivity index (χ2v) is 5.14. The number of hydrogen-bond donors (Lipinski definition) is 1. The predicted molar refractivity (Wildman–Crippen MR) is 48.6 cm³/mol. The molecule has 0 spiro atoms. The van der Waals surface area contributed by atoms with E-state index < -0.39 is 5.97 Å². The van der Waals surface area contributed by atoms with E-state index in [9.17, 15) is 9.59 Å². The molecule has 0 radical (unpaired) electrons. The Kier molecular flexibility index (Phi) is 1.56. The quantitative estimate of drug-likeness (QED) is 0.685. The van der Waals surface area contributed by atoms with Gasteiger partial charge >= 0.3 is 5.97 Å². The number of aliphatic carboxylic acids is 1. The molecule has 76 valence electrons. The highest BCUT2D eigenvalue weighted by molar-refractivity contribution is 5.90. The van der Waals surface area contributed by atoms with Gasteiger partial charge in [-0.3, -0.25) is 9.59 Å². The van der Waals surface area contributed by atoms with Crippen molar-refractivity contribution in [2.75, 3.05) is 0 Å². The lowest BCUT2D eigenvalue weighted by Crippen LogP contribution is -2.53. The van der Waals surface area contributed by atoms with Crippen molar-refractivity contribution in [3.8, 4) is 0 Å². The van der Waals surface area contributed by atoms with Gasteiger partial charge in [0.05, 0.1) is 5.92 Å². The van der Waals surface area contributed by atoms with E-state index in [4.69, 9.17) is 5.11 Å². The van der Waals surface area contributed by atoms with Crippen LogP contribution in [-0.2, 0) is 9.59 Å². The van der Waals surface area contributed by atoms with Crippen LogP contribution in [0.1, 0.15) is 25.7 Å². The number of carboxylic acid groups (broad SMARTS) is 1. The average Bonchev–Trinajstić information content (AvgIpc) is 2.12. The fourth-order valence-corrected chi connectivity index (χ4v) is 4.01. The second kappa shape index (κ2) is 2.59. The number of hydrogen-bond acceptors (Lipinski definition) is 2. The first-order valence-electron chi connectivity index (χ1n) is 5.43. The number of rotatable bonds is 1. The number of carbonyl (C=O) groups excluding carboxylic acids is 1. The van der Waals surface area contributed by atoms with E-state index in [0.717, 1.165) is 25.7 Å². The minimum atomic E-state index is -0.743. The Bertz CT molecular complexity index is 310. The highest BCUT2D eigenvalue weighted by Crippen LogP contribution is 2.54. The molecule has 0 unspecified atom stereocenters. The number of ketones is 1. The number of Topliss-reactive ketones (excluding diaryl/α,β-unsaturated/α-hetero) is 1. The second-order valence-electron chi connectivity index (χ2n) is 5.14. The van der Waals surface area contributed by atoms with Crippen molar-refractivity contribution < 1.29 is 14.7 Å². The molecule has 0 aromatic heterocycles. The minimum absolute atomic E-state index is 0.135. The number of carboxylic acids is 1. The largest absolute Gasteiger partial charge is 0.481 e. The van der Waals surface area contributed by atoms with Gasteiger partial charge in [0.25, 0.3) is 0 Å². The van der Waals surface area contributed by atoms with E-state index in [1.54, 1.807) is 0 Å². The summed E-state index contributed by atoms with van der Waals surface area (Å²) in [5.41, 5.74) is 0. The molecule has 0 amide bonds. The fraction of sp³-hybridized carbons (Fsp3) is 0.818. The highest BCUT2D eigenvalue weighted by Gasteiger charge is 2.55. The summed E-state index contributed by atoms with van der Waals surface area (Å²) < 4.78 is 0. The van der Waals surface area contributed by atoms with Gasteiger partial charge < -0.3 is 5.11 Å². The lowest BCUT2D eigenvalue weighted by atomic mass is 9.51. The van der Waals surface area contributed by atoms with Crippen molar-refractivity contribution in [3.63, 3.8) is 0 Å². The molecule has 14 heavy (non-hydrogen) atoms. The molecule has 4 rings (SSSR count). The van der Waals surface area contributed by atoms with Crippen molar-refractivity contribution >= 4 is 11.8 Å². The van der Waals surface area contributed by atoms with E-state index in [1.807, 2.05) is 0 Å². The fourth-order valence-electron chi connectivity index (χ4n) is 4.01. The molecule has 4 aliphatic carbocycles. The van der Waals surface area contributed by atoms with E-state index in [1.165, 1.54) is 0 Å². The summed E-state index contributed by atoms with van der Waals surface area (Å²) in [6.45, 7) is 0. The predicted octanol–water partition coefficient (Wildman–Crippen LogP) is 1.32. The first-order chi connectivity index (χ1) is 6.66. The van der Waals surface area contributed by atoms with Gasteiger partial charge in [-0.25, -0.2) is 0 Å². The Morgan fingerprint density at radius 2 is 2.00 bits per heavy atom. The van der Waals surface area contributed by atoms with Crippen LogP contribution in [0.2, 0.25) is 0 Å². The summed E-state index contributed by atoms with van der Waals surface area (Å²) in [4.78, 5) is 22.9. The minimum Gasteiger partial charge on any atom is -0.481 e. The molecular formula is C11H14O3. The van der Waals surface area contributed by atoms with Crippen LogP contribution in [-0.4, -0.2) is 16.9 Å². The van der Waals surface area contributed by atoms with Crippen LogP contribution in [0.25, 0.3) is 0 Å². The van der Waals surface area contributed by atoms with Gasteiger partial charge in [0, 0.05) is 11.8 Å². The molecule has 4 saturated carbocycles. The van der Waals surface area contributed by atoms with Crippen LogP contribution in [0.5, 0.6) is 0 Å². The van der Waals surface area contributed by atoms with Crippen molar-refractivity contribution in [1.82, 2.24) is 0 Å². The first-order valence-corrected chi connectivity index (χ1v) is 5.43. The third kappa shape index (κ3) is 0.928. The monoisotopic (exact) mass is 194 g/mol. The molecule has 4 bridgehead atoms. The standard InChI is InChI=1S/C11H14O3/c12-10-7-2-5-1-6(4-7)9(11(13)14)8(10)3-5/h5-9H,1-4H2,(H,13,14)/t5-,6-,7+,8-,9+/m1/s1. The molecule has 0 aromatic rings. The van der Waals surface area contributed by atoms with Crippen molar-refractivity contribution in [2.24, 2.45) is 29.6 Å². The first kappa shape index (κ1) is 8.45. The van der Waals surface area contributed by atoms with Crippen molar-refractivity contribution in [1.29, 1.82) is 0 Å². The zero-order chi connectivity index (χ0) is 9.87. The molecule has 0 saturated heterocycles. The summed E-state index contributed by atoms with van der Waals surface area (Å²) in [6.07, 6.45) is 3.79. The Morgan fingerprint density at radius 3 is 2.71 bits per heavy atom. The maximum Gasteiger partial charge on any atom is 0.307 e. The molecular weight excluding hydrogens is 180 g/mol. The Hall–Kier alpha value is -0.860. The summed E-state index contributed by atoms with van der Waals surface area (Å²) in [5.74, 6) is 0.189. The van der Waals surface area contributed by atoms with E-state index >= 15 is 0 Å². The molecule has 3 nitrogen and oxygen atoms in total. The summed E-state index contributed by atoms with van der Waals surface area (Å²) >= 11 is 0. The van der Waals surface area contributed by atoms with Crippen LogP contribution in [0.4, 0.5) is 0 Å². The van der Waals surface area contributed by atoms with Crippen molar-refractivity contribution in [2.45, 2.75) is 25.7 Å². The van der Waals surface area contributed by atoms with Crippen LogP contribution in [0.3, 0.4) is 0 Å². The molecule has 4 aliphatic rings. The summed E-state index contributed by atoms with van der Waals surface area (Å²) in [7, 11) is 0. The van der Waals surface area contributed by atoms with E-state index in [0.29, 0.717) is 11.8 Å². The lowest BCUT2D eigenvalue weighted by molar-refractivity contribution is -0.164. The molecule has 1 N–H and O–H groups in total. The zero-order valence-electron chi connectivity index (χ0n) is 7.98. The van der Waals surface area contributed by atoms with Gasteiger partial charge in [-0.2, -0.15) is 0 Å². The Balaban J connectivity index is 1.97. The molecule has 4 fully saturated rings. The van der Waals surface area contributed by atoms with Gasteiger partial charge in [0.15, 0.2) is 0 Å². The smallest absolute Gasteiger partial charge is 0.307 e. The van der Waals surface area contributed by atoms with Gasteiger partial charge in [-0.15, -0.1) is 0 Å². The zero-order valence-corrected chi connectivity index (χ0v) is 7.98. The normalized spacial score (nSPS) is 49.7. The number of carbonyl (C=O) groups is 2. The highest BCUT2D eigenvalue weighted by atomic mass is 16.4. The van der Waals surface area contributed by atoms with E-state index in [-0.39, 0.29) is 23.5 Å². The maximum absolute atomic E-state index is 11.8. The molecule has 3 heteroatoms. The summed E-state index contributed by atoms with van der Waals surface area (Å²) in [5, 5.41) is 9.11. The van der Waals surface area contributed by atoms with Crippen LogP contribution >= 0.6 is 0 Å². The SMILES string of the molecule is O=C(O)[C@H]1[C@@H]2C[C@@H]3C[C@@H](C2)C(=O)[C@@H]1C3. The van der Waals surface area contributed by atoms with Crippen molar-refractivity contribution in [3.05, 3.63) is 0 Å². The van der Waals surface area contributed by atoms with Crippen LogP contribution in [0.15, 0.2) is 0 Å². The van der Waals surface area contributed by atoms with Crippen LogP contribution in [0, 0.1) is 29.6 Å². The average molecular weight is 194 g/mol. The van der Waals surface area contributed by atoms with Gasteiger partial charge in [-0.05, 0) is 37.5 Å². The topological polar surface area (TPSA) is 54.4 Å². The Morgan fingerprint density at radius 1 is 1.21 bits per heavy atom. The molecule has 0 aromatic carbocycles. The molecule has 5 atom stereocenters. The molecule has 0 heterocycles. The Labute approximate surface area is 82.5 Å². The van der Waals surface area contributed by atoms with Gasteiger partial charge in [0.2, 0.25) is 0 Å². The molecule has 0 aliphatic heterocycles. The third-order valence-electron chi connectivity index (χ3n) is 4.42. The summed E-state index contributed by atoms with van der Waals surface area (Å²) in [6, 6.07) is 0. The van der Waals surface area contributed by atoms with Gasteiger partial charge in [-0.1, -0.05) is 0 Å². The van der Waals surface area contributed by atoms with Crippen LogP contribution < -0.4 is 0 Å².